The molecule has 90 valence electrons. The van der Waals surface area contributed by atoms with Crippen LogP contribution in [-0.2, 0) is 12.3 Å². The Labute approximate surface area is 106 Å². The van der Waals surface area contributed by atoms with Crippen LogP contribution in [0.1, 0.15) is 43.3 Å². The maximum absolute atomic E-state index is 4.64. The van der Waals surface area contributed by atoms with Gasteiger partial charge in [-0.2, -0.15) is 11.8 Å². The summed E-state index contributed by atoms with van der Waals surface area (Å²) in [4.78, 5) is 4.64. The first-order valence-corrected chi connectivity index (χ1v) is 8.07. The summed E-state index contributed by atoms with van der Waals surface area (Å²) in [5, 5.41) is 7.70. The van der Waals surface area contributed by atoms with Crippen molar-refractivity contribution in [2.45, 2.75) is 50.2 Å². The maximum atomic E-state index is 4.64. The zero-order chi connectivity index (χ0) is 11.2. The smallest absolute Gasteiger partial charge is 0.103 e. The van der Waals surface area contributed by atoms with E-state index in [2.05, 4.69) is 34.4 Å². The Morgan fingerprint density at radius 1 is 1.50 bits per heavy atom. The SMILES string of the molecule is CCNCc1csc(CSC2CCCC2)n1. The average molecular weight is 256 g/mol. The summed E-state index contributed by atoms with van der Waals surface area (Å²) >= 11 is 3.91. The van der Waals surface area contributed by atoms with Crippen molar-refractivity contribution in [1.82, 2.24) is 10.3 Å². The third-order valence-electron chi connectivity index (χ3n) is 2.90. The lowest BCUT2D eigenvalue weighted by molar-refractivity contribution is 0.713. The Bertz CT molecular complexity index is 306. The predicted octanol–water partition coefficient (Wildman–Crippen LogP) is 3.43. The molecule has 1 N–H and O–H groups in total. The van der Waals surface area contributed by atoms with E-state index in [-0.39, 0.29) is 0 Å². The van der Waals surface area contributed by atoms with Crippen LogP contribution in [0.25, 0.3) is 0 Å². The fourth-order valence-corrected chi connectivity index (χ4v) is 4.16. The number of nitrogens with zero attached hydrogens (tertiary/aromatic N) is 1. The van der Waals surface area contributed by atoms with E-state index in [0.29, 0.717) is 0 Å². The number of hydrogen-bond acceptors (Lipinski definition) is 4. The molecule has 0 aliphatic heterocycles. The van der Waals surface area contributed by atoms with E-state index >= 15 is 0 Å². The van der Waals surface area contributed by atoms with Gasteiger partial charge >= 0.3 is 0 Å². The van der Waals surface area contributed by atoms with Crippen LogP contribution >= 0.6 is 23.1 Å². The van der Waals surface area contributed by atoms with E-state index < -0.39 is 0 Å². The van der Waals surface area contributed by atoms with Gasteiger partial charge in [-0.1, -0.05) is 19.8 Å². The second-order valence-electron chi connectivity index (χ2n) is 4.23. The van der Waals surface area contributed by atoms with Gasteiger partial charge in [-0.15, -0.1) is 11.3 Å². The van der Waals surface area contributed by atoms with E-state index in [0.717, 1.165) is 24.1 Å². The largest absolute Gasteiger partial charge is 0.311 e. The normalized spacial score (nSPS) is 17.1. The summed E-state index contributed by atoms with van der Waals surface area (Å²) in [6.45, 7) is 4.06. The summed E-state index contributed by atoms with van der Waals surface area (Å²) < 4.78 is 0. The number of rotatable bonds is 6. The summed E-state index contributed by atoms with van der Waals surface area (Å²) in [5.74, 6) is 1.11. The van der Waals surface area contributed by atoms with Crippen LogP contribution in [0.3, 0.4) is 0 Å². The minimum atomic E-state index is 0.904. The zero-order valence-electron chi connectivity index (χ0n) is 9.87. The van der Waals surface area contributed by atoms with E-state index in [9.17, 15) is 0 Å². The fraction of sp³-hybridized carbons (Fsp3) is 0.750. The lowest BCUT2D eigenvalue weighted by atomic mass is 10.4. The van der Waals surface area contributed by atoms with Crippen molar-refractivity contribution in [1.29, 1.82) is 0 Å². The maximum Gasteiger partial charge on any atom is 0.103 e. The van der Waals surface area contributed by atoms with Gasteiger partial charge in [0.1, 0.15) is 5.01 Å². The lowest BCUT2D eigenvalue weighted by Crippen LogP contribution is -2.11. The van der Waals surface area contributed by atoms with Gasteiger partial charge in [-0.05, 0) is 19.4 Å². The molecule has 0 radical (unpaired) electrons. The van der Waals surface area contributed by atoms with Crippen molar-refractivity contribution in [3.8, 4) is 0 Å². The average Bonchev–Trinajstić information content (AvgIpc) is 2.95. The second kappa shape index (κ2) is 6.62. The Morgan fingerprint density at radius 2 is 2.31 bits per heavy atom. The molecular formula is C12H20N2S2. The van der Waals surface area contributed by atoms with Gasteiger partial charge in [0.25, 0.3) is 0 Å². The zero-order valence-corrected chi connectivity index (χ0v) is 11.5. The first kappa shape index (κ1) is 12.4. The molecule has 2 rings (SSSR count). The van der Waals surface area contributed by atoms with Gasteiger partial charge in [-0.3, -0.25) is 0 Å². The van der Waals surface area contributed by atoms with Crippen molar-refractivity contribution in [3.63, 3.8) is 0 Å². The van der Waals surface area contributed by atoms with Crippen LogP contribution in [-0.4, -0.2) is 16.8 Å². The first-order valence-electron chi connectivity index (χ1n) is 6.14. The van der Waals surface area contributed by atoms with Gasteiger partial charge < -0.3 is 5.32 Å². The number of nitrogens with one attached hydrogen (secondary N) is 1. The molecule has 1 heterocycles. The molecule has 0 spiro atoms. The minimum absolute atomic E-state index is 0.904. The van der Waals surface area contributed by atoms with Crippen LogP contribution in [0.2, 0.25) is 0 Å². The van der Waals surface area contributed by atoms with Crippen molar-refractivity contribution in [2.24, 2.45) is 0 Å². The standard InChI is InChI=1S/C12H20N2S2/c1-2-13-7-10-8-16-12(14-10)9-15-11-5-3-4-6-11/h8,11,13H,2-7,9H2,1H3. The number of aromatic nitrogens is 1. The molecule has 0 unspecified atom stereocenters. The molecule has 0 aromatic carbocycles. The molecule has 1 saturated carbocycles. The quantitative estimate of drug-likeness (QED) is 0.844. The second-order valence-corrected chi connectivity index (χ2v) is 6.46. The Balaban J connectivity index is 1.73. The highest BCUT2D eigenvalue weighted by atomic mass is 32.2. The van der Waals surface area contributed by atoms with Crippen molar-refractivity contribution < 1.29 is 0 Å². The first-order chi connectivity index (χ1) is 7.88. The van der Waals surface area contributed by atoms with E-state index in [1.807, 2.05) is 11.3 Å². The summed E-state index contributed by atoms with van der Waals surface area (Å²) in [6, 6.07) is 0. The van der Waals surface area contributed by atoms with Gasteiger partial charge in [0.2, 0.25) is 0 Å². The third-order valence-corrected chi connectivity index (χ3v) is 5.36. The van der Waals surface area contributed by atoms with Crippen molar-refractivity contribution >= 4 is 23.1 Å². The molecule has 0 amide bonds. The number of thiazole rings is 1. The summed E-state index contributed by atoms with van der Waals surface area (Å²) in [5.41, 5.74) is 1.20. The van der Waals surface area contributed by atoms with Gasteiger partial charge in [-0.25, -0.2) is 4.98 Å². The molecule has 0 bridgehead atoms. The molecule has 1 aliphatic carbocycles. The van der Waals surface area contributed by atoms with Crippen LogP contribution in [0, 0.1) is 0 Å². The third kappa shape index (κ3) is 3.75. The topological polar surface area (TPSA) is 24.9 Å². The number of thioether (sulfide) groups is 1. The molecule has 0 saturated heterocycles. The van der Waals surface area contributed by atoms with E-state index in [4.69, 9.17) is 0 Å². The van der Waals surface area contributed by atoms with Crippen molar-refractivity contribution in [2.75, 3.05) is 6.54 Å². The number of hydrogen-bond donors (Lipinski definition) is 1. The molecule has 4 heteroatoms. The molecule has 1 aliphatic rings. The molecule has 0 atom stereocenters. The Morgan fingerprint density at radius 3 is 3.06 bits per heavy atom. The molecular weight excluding hydrogens is 236 g/mol. The molecule has 1 fully saturated rings. The Hall–Kier alpha value is -0.0600. The highest BCUT2D eigenvalue weighted by molar-refractivity contribution is 7.99. The van der Waals surface area contributed by atoms with Crippen LogP contribution in [0.4, 0.5) is 0 Å². The monoisotopic (exact) mass is 256 g/mol. The fourth-order valence-electron chi connectivity index (χ4n) is 1.99. The highest BCUT2D eigenvalue weighted by Crippen LogP contribution is 2.32. The van der Waals surface area contributed by atoms with Gasteiger partial charge in [0.15, 0.2) is 0 Å². The molecule has 2 nitrogen and oxygen atoms in total. The van der Waals surface area contributed by atoms with E-state index in [1.54, 1.807) is 0 Å². The highest BCUT2D eigenvalue weighted by Gasteiger charge is 2.15. The van der Waals surface area contributed by atoms with Crippen LogP contribution < -0.4 is 5.32 Å². The van der Waals surface area contributed by atoms with Crippen LogP contribution in [0.15, 0.2) is 5.38 Å². The lowest BCUT2D eigenvalue weighted by Gasteiger charge is -2.05. The summed E-state index contributed by atoms with van der Waals surface area (Å²) in [6.07, 6.45) is 5.70. The Kier molecular flexibility index (Phi) is 5.13. The predicted molar refractivity (Wildman–Crippen MR) is 73.0 cm³/mol. The van der Waals surface area contributed by atoms with E-state index in [1.165, 1.54) is 36.4 Å². The van der Waals surface area contributed by atoms with Crippen LogP contribution in [0.5, 0.6) is 0 Å². The van der Waals surface area contributed by atoms with Gasteiger partial charge in [0, 0.05) is 22.9 Å². The van der Waals surface area contributed by atoms with Gasteiger partial charge in [0.05, 0.1) is 5.69 Å². The molecule has 16 heavy (non-hydrogen) atoms. The minimum Gasteiger partial charge on any atom is -0.311 e. The molecule has 1 aromatic heterocycles. The van der Waals surface area contributed by atoms with Crippen molar-refractivity contribution in [3.05, 3.63) is 16.1 Å². The summed E-state index contributed by atoms with van der Waals surface area (Å²) in [7, 11) is 0. The molecule has 1 aromatic rings.